The lowest BCUT2D eigenvalue weighted by Crippen LogP contribution is -2.19. The SMILES string of the molecule is C=CCCCCCOc1ccc(F)cc1CNCCOC. The van der Waals surface area contributed by atoms with Gasteiger partial charge in [0.15, 0.2) is 0 Å². The highest BCUT2D eigenvalue weighted by atomic mass is 19.1. The summed E-state index contributed by atoms with van der Waals surface area (Å²) in [5, 5.41) is 3.21. The minimum absolute atomic E-state index is 0.239. The maximum Gasteiger partial charge on any atom is 0.123 e. The third-order valence-corrected chi connectivity index (χ3v) is 3.13. The normalized spacial score (nSPS) is 10.6. The highest BCUT2D eigenvalue weighted by Gasteiger charge is 2.05. The van der Waals surface area contributed by atoms with Crippen molar-refractivity contribution in [2.75, 3.05) is 26.9 Å². The fraction of sp³-hybridized carbons (Fsp3) is 0.529. The first-order valence-electron chi connectivity index (χ1n) is 7.49. The van der Waals surface area contributed by atoms with E-state index in [1.807, 2.05) is 6.08 Å². The first kappa shape index (κ1) is 17.7. The number of nitrogens with one attached hydrogen (secondary N) is 1. The summed E-state index contributed by atoms with van der Waals surface area (Å²) >= 11 is 0. The van der Waals surface area contributed by atoms with Crippen molar-refractivity contribution in [1.82, 2.24) is 5.32 Å². The number of methoxy groups -OCH3 is 1. The van der Waals surface area contributed by atoms with Crippen LogP contribution in [0.3, 0.4) is 0 Å². The zero-order valence-corrected chi connectivity index (χ0v) is 12.9. The van der Waals surface area contributed by atoms with Crippen molar-refractivity contribution in [3.8, 4) is 5.75 Å². The van der Waals surface area contributed by atoms with Gasteiger partial charge in [0.2, 0.25) is 0 Å². The van der Waals surface area contributed by atoms with Crippen molar-refractivity contribution < 1.29 is 13.9 Å². The van der Waals surface area contributed by atoms with Crippen LogP contribution in [0.2, 0.25) is 0 Å². The zero-order valence-electron chi connectivity index (χ0n) is 12.9. The molecular formula is C17H26FNO2. The first-order chi connectivity index (χ1) is 10.3. The van der Waals surface area contributed by atoms with E-state index < -0.39 is 0 Å². The molecule has 0 aliphatic heterocycles. The lowest BCUT2D eigenvalue weighted by molar-refractivity contribution is 0.199. The van der Waals surface area contributed by atoms with E-state index in [9.17, 15) is 4.39 Å². The van der Waals surface area contributed by atoms with E-state index in [1.54, 1.807) is 13.2 Å². The number of benzene rings is 1. The Hall–Kier alpha value is -1.39. The van der Waals surface area contributed by atoms with Gasteiger partial charge in [-0.3, -0.25) is 0 Å². The topological polar surface area (TPSA) is 30.5 Å². The Morgan fingerprint density at radius 2 is 2.10 bits per heavy atom. The zero-order chi connectivity index (χ0) is 15.3. The van der Waals surface area contributed by atoms with E-state index in [0.717, 1.165) is 43.5 Å². The number of unbranched alkanes of at least 4 members (excludes halogenated alkanes) is 3. The molecule has 21 heavy (non-hydrogen) atoms. The molecule has 3 nitrogen and oxygen atoms in total. The molecule has 0 amide bonds. The first-order valence-corrected chi connectivity index (χ1v) is 7.49. The van der Waals surface area contributed by atoms with Crippen molar-refractivity contribution >= 4 is 0 Å². The third-order valence-electron chi connectivity index (χ3n) is 3.13. The summed E-state index contributed by atoms with van der Waals surface area (Å²) in [5.41, 5.74) is 0.845. The Morgan fingerprint density at radius 3 is 2.86 bits per heavy atom. The lowest BCUT2D eigenvalue weighted by Gasteiger charge is -2.12. The Morgan fingerprint density at radius 1 is 1.24 bits per heavy atom. The molecule has 1 aromatic carbocycles. The molecule has 0 bridgehead atoms. The summed E-state index contributed by atoms with van der Waals surface area (Å²) in [6.07, 6.45) is 6.24. The van der Waals surface area contributed by atoms with Gasteiger partial charge in [-0.2, -0.15) is 0 Å². The summed E-state index contributed by atoms with van der Waals surface area (Å²) < 4.78 is 24.1. The smallest absolute Gasteiger partial charge is 0.123 e. The van der Waals surface area contributed by atoms with Gasteiger partial charge in [-0.25, -0.2) is 4.39 Å². The van der Waals surface area contributed by atoms with Crippen molar-refractivity contribution in [2.45, 2.75) is 32.2 Å². The standard InChI is InChI=1S/C17H26FNO2/c1-3-4-5-6-7-11-21-17-9-8-16(18)13-15(17)14-19-10-12-20-2/h3,8-9,13,19H,1,4-7,10-12,14H2,2H3. The van der Waals surface area contributed by atoms with Crippen LogP contribution >= 0.6 is 0 Å². The second-order valence-corrected chi connectivity index (χ2v) is 4.91. The van der Waals surface area contributed by atoms with Crippen LogP contribution in [-0.2, 0) is 11.3 Å². The van der Waals surface area contributed by atoms with Crippen LogP contribution in [0.25, 0.3) is 0 Å². The Balaban J connectivity index is 2.38. The maximum atomic E-state index is 13.3. The van der Waals surface area contributed by atoms with Gasteiger partial charge in [0.1, 0.15) is 11.6 Å². The van der Waals surface area contributed by atoms with Gasteiger partial charge in [0.05, 0.1) is 13.2 Å². The second kappa shape index (κ2) is 11.3. The molecule has 0 heterocycles. The highest BCUT2D eigenvalue weighted by Crippen LogP contribution is 2.20. The van der Waals surface area contributed by atoms with E-state index >= 15 is 0 Å². The number of hydrogen-bond donors (Lipinski definition) is 1. The van der Waals surface area contributed by atoms with Gasteiger partial charge >= 0.3 is 0 Å². The number of hydrogen-bond acceptors (Lipinski definition) is 3. The molecule has 1 N–H and O–H groups in total. The molecule has 0 spiro atoms. The van der Waals surface area contributed by atoms with Gasteiger partial charge in [0.25, 0.3) is 0 Å². The number of halogens is 1. The van der Waals surface area contributed by atoms with Crippen LogP contribution in [0.15, 0.2) is 30.9 Å². The Labute approximate surface area is 127 Å². The molecule has 0 saturated carbocycles. The van der Waals surface area contributed by atoms with Crippen LogP contribution in [0.4, 0.5) is 4.39 Å². The molecule has 1 aromatic rings. The van der Waals surface area contributed by atoms with Crippen molar-refractivity contribution in [2.24, 2.45) is 0 Å². The van der Waals surface area contributed by atoms with E-state index in [0.29, 0.717) is 19.8 Å². The summed E-state index contributed by atoms with van der Waals surface area (Å²) in [7, 11) is 1.66. The molecule has 0 unspecified atom stereocenters. The van der Waals surface area contributed by atoms with Crippen LogP contribution < -0.4 is 10.1 Å². The number of rotatable bonds is 12. The summed E-state index contributed by atoms with van der Waals surface area (Å²) in [6, 6.07) is 4.66. The van der Waals surface area contributed by atoms with E-state index in [2.05, 4.69) is 11.9 Å². The monoisotopic (exact) mass is 295 g/mol. The van der Waals surface area contributed by atoms with E-state index in [-0.39, 0.29) is 5.82 Å². The van der Waals surface area contributed by atoms with Crippen molar-refractivity contribution in [1.29, 1.82) is 0 Å². The predicted molar refractivity (Wildman–Crippen MR) is 84.1 cm³/mol. The molecule has 0 aromatic heterocycles. The number of ether oxygens (including phenoxy) is 2. The molecule has 0 aliphatic rings. The summed E-state index contributed by atoms with van der Waals surface area (Å²) in [4.78, 5) is 0. The molecule has 118 valence electrons. The van der Waals surface area contributed by atoms with Crippen LogP contribution in [0.1, 0.15) is 31.2 Å². The lowest BCUT2D eigenvalue weighted by atomic mass is 10.2. The fourth-order valence-corrected chi connectivity index (χ4v) is 1.97. The summed E-state index contributed by atoms with van der Waals surface area (Å²) in [5.74, 6) is 0.516. The molecule has 0 saturated heterocycles. The average Bonchev–Trinajstić information content (AvgIpc) is 2.49. The van der Waals surface area contributed by atoms with Crippen LogP contribution in [0.5, 0.6) is 5.75 Å². The molecular weight excluding hydrogens is 269 g/mol. The second-order valence-electron chi connectivity index (χ2n) is 4.91. The van der Waals surface area contributed by atoms with Gasteiger partial charge in [0, 0.05) is 25.8 Å². The molecule has 0 fully saturated rings. The quantitative estimate of drug-likeness (QED) is 0.471. The fourth-order valence-electron chi connectivity index (χ4n) is 1.97. The summed E-state index contributed by atoms with van der Waals surface area (Å²) in [6.45, 7) is 6.31. The number of allylic oxidation sites excluding steroid dienone is 1. The Bertz CT molecular complexity index is 410. The van der Waals surface area contributed by atoms with E-state index in [1.165, 1.54) is 12.1 Å². The minimum Gasteiger partial charge on any atom is -0.493 e. The molecule has 0 radical (unpaired) electrons. The molecule has 0 aliphatic carbocycles. The van der Waals surface area contributed by atoms with Crippen LogP contribution in [0, 0.1) is 5.82 Å². The third kappa shape index (κ3) is 7.83. The maximum absolute atomic E-state index is 13.3. The van der Waals surface area contributed by atoms with Crippen molar-refractivity contribution in [3.05, 3.63) is 42.2 Å². The largest absolute Gasteiger partial charge is 0.493 e. The molecule has 4 heteroatoms. The van der Waals surface area contributed by atoms with E-state index in [4.69, 9.17) is 9.47 Å². The van der Waals surface area contributed by atoms with Gasteiger partial charge in [-0.1, -0.05) is 6.08 Å². The average molecular weight is 295 g/mol. The van der Waals surface area contributed by atoms with Crippen LogP contribution in [-0.4, -0.2) is 26.9 Å². The van der Waals surface area contributed by atoms with Gasteiger partial charge in [-0.15, -0.1) is 6.58 Å². The Kier molecular flexibility index (Phi) is 9.49. The van der Waals surface area contributed by atoms with Crippen molar-refractivity contribution in [3.63, 3.8) is 0 Å². The molecule has 0 atom stereocenters. The minimum atomic E-state index is -0.239. The van der Waals surface area contributed by atoms with Gasteiger partial charge < -0.3 is 14.8 Å². The highest BCUT2D eigenvalue weighted by molar-refractivity contribution is 5.33. The molecule has 1 rings (SSSR count). The van der Waals surface area contributed by atoms with Gasteiger partial charge in [-0.05, 0) is 43.9 Å². The predicted octanol–water partition coefficient (Wildman–Crippen LogP) is 3.69.